The summed E-state index contributed by atoms with van der Waals surface area (Å²) in [6.07, 6.45) is -0.230. The van der Waals surface area contributed by atoms with Crippen LogP contribution in [-0.4, -0.2) is 54.9 Å². The predicted octanol–water partition coefficient (Wildman–Crippen LogP) is 2.42. The molecular formula is C20H20ClNO6S. The van der Waals surface area contributed by atoms with E-state index in [1.807, 2.05) is 0 Å². The second-order valence-corrected chi connectivity index (χ2v) is 9.50. The first-order valence-electron chi connectivity index (χ1n) is 8.95. The quantitative estimate of drug-likeness (QED) is 0.744. The number of benzene rings is 2. The number of carbonyl (C=O) groups excluding carboxylic acids is 1. The van der Waals surface area contributed by atoms with Crippen molar-refractivity contribution in [1.82, 2.24) is 4.90 Å². The summed E-state index contributed by atoms with van der Waals surface area (Å²) in [7, 11) is -3.13. The van der Waals surface area contributed by atoms with Crippen LogP contribution in [0.15, 0.2) is 42.5 Å². The highest BCUT2D eigenvalue weighted by molar-refractivity contribution is 7.91. The zero-order chi connectivity index (χ0) is 21.0. The molecule has 0 bridgehead atoms. The minimum absolute atomic E-state index is 0.0888. The Morgan fingerprint density at radius 2 is 1.66 bits per heavy atom. The van der Waals surface area contributed by atoms with Crippen molar-refractivity contribution in [3.05, 3.63) is 64.2 Å². The molecule has 1 aliphatic rings. The Labute approximate surface area is 173 Å². The van der Waals surface area contributed by atoms with Gasteiger partial charge < -0.3 is 14.7 Å². The molecule has 9 heteroatoms. The van der Waals surface area contributed by atoms with Crippen molar-refractivity contribution in [2.45, 2.75) is 13.0 Å². The van der Waals surface area contributed by atoms with E-state index in [0.29, 0.717) is 16.3 Å². The molecule has 2 aromatic carbocycles. The first-order chi connectivity index (χ1) is 13.7. The number of halogens is 1. The van der Waals surface area contributed by atoms with Gasteiger partial charge >= 0.3 is 5.97 Å². The van der Waals surface area contributed by atoms with Crippen molar-refractivity contribution < 1.29 is 27.9 Å². The van der Waals surface area contributed by atoms with Gasteiger partial charge in [-0.25, -0.2) is 8.42 Å². The standard InChI is InChI=1S/C20H20ClNO6S/c21-16-4-1-14(2-5-16)13-28-18-6-3-15(12-19(23)24)11-17(18)20(25)22-7-9-29(26,27)10-8-22/h1-6,11H,7-10,12-13H2,(H,23,24). The van der Waals surface area contributed by atoms with Gasteiger partial charge in [-0.3, -0.25) is 9.59 Å². The highest BCUT2D eigenvalue weighted by atomic mass is 35.5. The van der Waals surface area contributed by atoms with E-state index in [-0.39, 0.29) is 49.1 Å². The van der Waals surface area contributed by atoms with Gasteiger partial charge in [0.2, 0.25) is 0 Å². The molecule has 7 nitrogen and oxygen atoms in total. The van der Waals surface area contributed by atoms with Crippen molar-refractivity contribution in [1.29, 1.82) is 0 Å². The molecule has 29 heavy (non-hydrogen) atoms. The first-order valence-corrected chi connectivity index (χ1v) is 11.1. The molecule has 0 saturated carbocycles. The predicted molar refractivity (Wildman–Crippen MR) is 108 cm³/mol. The average molecular weight is 438 g/mol. The number of hydrogen-bond acceptors (Lipinski definition) is 5. The largest absolute Gasteiger partial charge is 0.488 e. The normalized spacial score (nSPS) is 15.7. The number of nitrogens with zero attached hydrogens (tertiary/aromatic N) is 1. The summed E-state index contributed by atoms with van der Waals surface area (Å²) < 4.78 is 29.1. The van der Waals surface area contributed by atoms with Crippen LogP contribution < -0.4 is 4.74 Å². The maximum absolute atomic E-state index is 13.0. The average Bonchev–Trinajstić information content (AvgIpc) is 2.67. The van der Waals surface area contributed by atoms with Crippen LogP contribution in [0.2, 0.25) is 5.02 Å². The number of aliphatic carboxylic acids is 1. The molecule has 0 aliphatic carbocycles. The molecule has 0 radical (unpaired) electrons. The molecule has 1 N–H and O–H groups in total. The van der Waals surface area contributed by atoms with Gasteiger partial charge in [0.1, 0.15) is 12.4 Å². The van der Waals surface area contributed by atoms with Crippen molar-refractivity contribution in [3.63, 3.8) is 0 Å². The third-order valence-electron chi connectivity index (χ3n) is 4.57. The van der Waals surface area contributed by atoms with Crippen LogP contribution in [0.1, 0.15) is 21.5 Å². The molecule has 1 fully saturated rings. The molecule has 0 aromatic heterocycles. The Kier molecular flexibility index (Phi) is 6.44. The number of ether oxygens (including phenoxy) is 1. The molecule has 0 atom stereocenters. The lowest BCUT2D eigenvalue weighted by atomic mass is 10.1. The van der Waals surface area contributed by atoms with Crippen LogP contribution in [0, 0.1) is 0 Å². The summed E-state index contributed by atoms with van der Waals surface area (Å²) >= 11 is 5.88. The summed E-state index contributed by atoms with van der Waals surface area (Å²) in [5.41, 5.74) is 1.54. The number of sulfone groups is 1. The number of hydrogen-bond donors (Lipinski definition) is 1. The zero-order valence-electron chi connectivity index (χ0n) is 15.5. The number of carboxylic acid groups (broad SMARTS) is 1. The van der Waals surface area contributed by atoms with Crippen LogP contribution in [0.5, 0.6) is 5.75 Å². The monoisotopic (exact) mass is 437 g/mol. The Morgan fingerprint density at radius 1 is 1.03 bits per heavy atom. The smallest absolute Gasteiger partial charge is 0.307 e. The highest BCUT2D eigenvalue weighted by Gasteiger charge is 2.27. The highest BCUT2D eigenvalue weighted by Crippen LogP contribution is 2.25. The van der Waals surface area contributed by atoms with E-state index in [1.54, 1.807) is 36.4 Å². The molecule has 1 saturated heterocycles. The van der Waals surface area contributed by atoms with Crippen LogP contribution >= 0.6 is 11.6 Å². The van der Waals surface area contributed by atoms with Crippen LogP contribution in [0.25, 0.3) is 0 Å². The van der Waals surface area contributed by atoms with Gasteiger partial charge in [-0.1, -0.05) is 29.8 Å². The maximum atomic E-state index is 13.0. The van der Waals surface area contributed by atoms with E-state index < -0.39 is 15.8 Å². The van der Waals surface area contributed by atoms with Crippen LogP contribution in [0.4, 0.5) is 0 Å². The third kappa shape index (κ3) is 5.71. The van der Waals surface area contributed by atoms with Gasteiger partial charge in [-0.15, -0.1) is 0 Å². The van der Waals surface area contributed by atoms with Crippen molar-refractivity contribution >= 4 is 33.3 Å². The Bertz CT molecular complexity index is 1010. The summed E-state index contributed by atoms with van der Waals surface area (Å²) in [6, 6.07) is 11.7. The summed E-state index contributed by atoms with van der Waals surface area (Å²) in [6.45, 7) is 0.395. The fraction of sp³-hybridized carbons (Fsp3) is 0.300. The van der Waals surface area contributed by atoms with Gasteiger partial charge in [0, 0.05) is 18.1 Å². The third-order valence-corrected chi connectivity index (χ3v) is 6.43. The van der Waals surface area contributed by atoms with E-state index >= 15 is 0 Å². The Morgan fingerprint density at radius 3 is 2.28 bits per heavy atom. The fourth-order valence-electron chi connectivity index (χ4n) is 2.98. The maximum Gasteiger partial charge on any atom is 0.307 e. The van der Waals surface area contributed by atoms with Crippen molar-refractivity contribution in [2.24, 2.45) is 0 Å². The molecular weight excluding hydrogens is 418 g/mol. The van der Waals surface area contributed by atoms with Crippen molar-refractivity contribution in [3.8, 4) is 5.75 Å². The zero-order valence-corrected chi connectivity index (χ0v) is 17.1. The minimum Gasteiger partial charge on any atom is -0.488 e. The number of carboxylic acids is 1. The summed E-state index contributed by atoms with van der Waals surface area (Å²) in [4.78, 5) is 25.5. The second kappa shape index (κ2) is 8.84. The lowest BCUT2D eigenvalue weighted by molar-refractivity contribution is -0.136. The number of carbonyl (C=O) groups is 2. The van der Waals surface area contributed by atoms with E-state index in [0.717, 1.165) is 5.56 Å². The number of amides is 1. The SMILES string of the molecule is O=C(O)Cc1ccc(OCc2ccc(Cl)cc2)c(C(=O)N2CCS(=O)(=O)CC2)c1. The van der Waals surface area contributed by atoms with Gasteiger partial charge in [0.25, 0.3) is 5.91 Å². The first kappa shape index (κ1) is 21.1. The minimum atomic E-state index is -3.13. The van der Waals surface area contributed by atoms with Crippen molar-refractivity contribution in [2.75, 3.05) is 24.6 Å². The summed E-state index contributed by atoms with van der Waals surface area (Å²) in [5.74, 6) is -1.25. The van der Waals surface area contributed by atoms with Gasteiger partial charge in [-0.05, 0) is 35.4 Å². The van der Waals surface area contributed by atoms with Gasteiger partial charge in [-0.2, -0.15) is 0 Å². The molecule has 0 spiro atoms. The van der Waals surface area contributed by atoms with E-state index in [2.05, 4.69) is 0 Å². The lowest BCUT2D eigenvalue weighted by Crippen LogP contribution is -2.43. The topological polar surface area (TPSA) is 101 Å². The summed E-state index contributed by atoms with van der Waals surface area (Å²) in [5, 5.41) is 9.64. The van der Waals surface area contributed by atoms with Gasteiger partial charge in [0.15, 0.2) is 9.84 Å². The second-order valence-electron chi connectivity index (χ2n) is 6.76. The van der Waals surface area contributed by atoms with E-state index in [9.17, 15) is 18.0 Å². The molecule has 154 valence electrons. The Hall–Kier alpha value is -2.58. The fourth-order valence-corrected chi connectivity index (χ4v) is 4.31. The molecule has 1 heterocycles. The number of rotatable bonds is 6. The van der Waals surface area contributed by atoms with Gasteiger partial charge in [0.05, 0.1) is 23.5 Å². The Balaban J connectivity index is 1.83. The van der Waals surface area contributed by atoms with Crippen LogP contribution in [0.3, 0.4) is 0 Å². The molecule has 1 amide bonds. The van der Waals surface area contributed by atoms with E-state index in [4.69, 9.17) is 21.4 Å². The molecule has 2 aromatic rings. The van der Waals surface area contributed by atoms with Crippen LogP contribution in [-0.2, 0) is 27.7 Å². The lowest BCUT2D eigenvalue weighted by Gasteiger charge is -2.27. The van der Waals surface area contributed by atoms with E-state index in [1.165, 1.54) is 11.0 Å². The molecule has 0 unspecified atom stereocenters. The molecule has 3 rings (SSSR count). The molecule has 1 aliphatic heterocycles.